The number of amides is 1. The highest BCUT2D eigenvalue weighted by molar-refractivity contribution is 7.91. The second kappa shape index (κ2) is 7.71. The van der Waals surface area contributed by atoms with Gasteiger partial charge in [-0.3, -0.25) is 9.48 Å². The average molecular weight is 428 g/mol. The quantitative estimate of drug-likeness (QED) is 0.623. The Bertz CT molecular complexity index is 1160. The van der Waals surface area contributed by atoms with Crippen LogP contribution in [0, 0.1) is 13.8 Å². The lowest BCUT2D eigenvalue weighted by Crippen LogP contribution is -2.26. The zero-order valence-corrected chi connectivity index (χ0v) is 18.1. The number of sulfone groups is 1. The first-order valence-corrected chi connectivity index (χ1v) is 11.7. The molecule has 0 bridgehead atoms. The second-order valence-electron chi connectivity index (χ2n) is 7.83. The van der Waals surface area contributed by atoms with E-state index >= 15 is 0 Å². The van der Waals surface area contributed by atoms with Crippen molar-refractivity contribution >= 4 is 15.7 Å². The van der Waals surface area contributed by atoms with Crippen molar-refractivity contribution in [2.75, 3.05) is 18.6 Å². The van der Waals surface area contributed by atoms with Crippen molar-refractivity contribution < 1.29 is 13.2 Å². The number of hydrogen-bond donors (Lipinski definition) is 0. The fraction of sp³-hybridized carbons (Fsp3) is 0.381. The first kappa shape index (κ1) is 20.3. The molecule has 0 spiro atoms. The third kappa shape index (κ3) is 3.89. The van der Waals surface area contributed by atoms with Crippen LogP contribution in [0.25, 0.3) is 5.69 Å². The lowest BCUT2D eigenvalue weighted by atomic mass is 10.1. The Hall–Kier alpha value is -2.94. The van der Waals surface area contributed by atoms with Crippen molar-refractivity contribution in [1.29, 1.82) is 0 Å². The molecule has 1 aliphatic heterocycles. The van der Waals surface area contributed by atoms with Crippen LogP contribution in [-0.2, 0) is 16.4 Å². The molecular formula is C21H25N5O3S. The van der Waals surface area contributed by atoms with Crippen molar-refractivity contribution in [1.82, 2.24) is 24.2 Å². The summed E-state index contributed by atoms with van der Waals surface area (Å²) in [5, 5.41) is 4.59. The molecule has 4 rings (SSSR count). The molecule has 1 atom stereocenters. The molecule has 3 aromatic rings. The number of aryl methyl sites for hydroxylation is 1. The monoisotopic (exact) mass is 427 g/mol. The van der Waals surface area contributed by atoms with E-state index in [4.69, 9.17) is 0 Å². The molecular weight excluding hydrogens is 402 g/mol. The van der Waals surface area contributed by atoms with Crippen LogP contribution in [0.5, 0.6) is 0 Å². The van der Waals surface area contributed by atoms with E-state index in [0.717, 1.165) is 22.6 Å². The minimum atomic E-state index is -2.99. The summed E-state index contributed by atoms with van der Waals surface area (Å²) in [7, 11) is -1.22. The van der Waals surface area contributed by atoms with Gasteiger partial charge in [0.1, 0.15) is 0 Å². The van der Waals surface area contributed by atoms with Gasteiger partial charge >= 0.3 is 0 Å². The summed E-state index contributed by atoms with van der Waals surface area (Å²) in [4.78, 5) is 18.6. The van der Waals surface area contributed by atoms with Crippen LogP contribution in [0.3, 0.4) is 0 Å². The van der Waals surface area contributed by atoms with E-state index < -0.39 is 9.84 Å². The van der Waals surface area contributed by atoms with Crippen molar-refractivity contribution in [3.8, 4) is 5.69 Å². The van der Waals surface area contributed by atoms with E-state index in [0.29, 0.717) is 18.5 Å². The minimum absolute atomic E-state index is 0.0813. The summed E-state index contributed by atoms with van der Waals surface area (Å²) in [5.74, 6) is 0.257. The Morgan fingerprint density at radius 2 is 1.97 bits per heavy atom. The van der Waals surface area contributed by atoms with Crippen molar-refractivity contribution in [2.24, 2.45) is 0 Å². The van der Waals surface area contributed by atoms with E-state index in [-0.39, 0.29) is 23.5 Å². The number of imidazole rings is 1. The third-order valence-corrected chi connectivity index (χ3v) is 7.44. The van der Waals surface area contributed by atoms with Crippen LogP contribution >= 0.6 is 0 Å². The highest BCUT2D eigenvalue weighted by Gasteiger charge is 2.31. The Balaban J connectivity index is 1.50. The summed E-state index contributed by atoms with van der Waals surface area (Å²) >= 11 is 0. The molecule has 2 aromatic heterocycles. The van der Waals surface area contributed by atoms with Gasteiger partial charge in [-0.05, 0) is 44.5 Å². The first-order valence-electron chi connectivity index (χ1n) is 9.84. The highest BCUT2D eigenvalue weighted by atomic mass is 32.2. The van der Waals surface area contributed by atoms with Gasteiger partial charge < -0.3 is 9.47 Å². The number of benzene rings is 1. The topological polar surface area (TPSA) is 90.1 Å². The molecule has 1 saturated heterocycles. The fourth-order valence-electron chi connectivity index (χ4n) is 3.97. The maximum atomic E-state index is 12.9. The van der Waals surface area contributed by atoms with Crippen LogP contribution in [0.15, 0.2) is 43.0 Å². The van der Waals surface area contributed by atoms with E-state index in [1.54, 1.807) is 36.6 Å². The normalized spacial score (nSPS) is 17.9. The van der Waals surface area contributed by atoms with Gasteiger partial charge in [0.25, 0.3) is 5.91 Å². The van der Waals surface area contributed by atoms with Gasteiger partial charge in [0.15, 0.2) is 9.84 Å². The molecule has 1 amide bonds. The first-order chi connectivity index (χ1) is 14.2. The molecule has 158 valence electrons. The fourth-order valence-corrected chi connectivity index (χ4v) is 5.66. The zero-order chi connectivity index (χ0) is 21.5. The summed E-state index contributed by atoms with van der Waals surface area (Å²) < 4.78 is 27.4. The molecule has 1 aliphatic rings. The molecule has 3 heterocycles. The number of carbonyl (C=O) groups excluding carboxylic acids is 1. The van der Waals surface area contributed by atoms with E-state index in [2.05, 4.69) is 10.1 Å². The Morgan fingerprint density at radius 3 is 2.57 bits per heavy atom. The standard InChI is InChI=1S/C21H25N5O3S/c1-15-20(16(2)26(23-15)19-8-11-30(28,29)13-19)12-24(3)21(27)17-4-6-18(7-5-17)25-10-9-22-14-25/h4-7,9-10,14,19H,8,11-13H2,1-3H3/t19-/m0/s1. The Labute approximate surface area is 176 Å². The smallest absolute Gasteiger partial charge is 0.253 e. The maximum absolute atomic E-state index is 12.9. The summed E-state index contributed by atoms with van der Waals surface area (Å²) in [5.41, 5.74) is 4.25. The molecule has 0 unspecified atom stereocenters. The van der Waals surface area contributed by atoms with Gasteiger partial charge in [0.2, 0.25) is 0 Å². The van der Waals surface area contributed by atoms with Crippen LogP contribution < -0.4 is 0 Å². The number of nitrogens with zero attached hydrogens (tertiary/aromatic N) is 5. The summed E-state index contributed by atoms with van der Waals surface area (Å²) in [6.45, 7) is 4.26. The van der Waals surface area contributed by atoms with Gasteiger partial charge in [-0.2, -0.15) is 5.10 Å². The number of rotatable bonds is 5. The van der Waals surface area contributed by atoms with Crippen molar-refractivity contribution in [2.45, 2.75) is 32.9 Å². The van der Waals surface area contributed by atoms with Crippen LogP contribution in [-0.4, -0.2) is 57.1 Å². The van der Waals surface area contributed by atoms with Gasteiger partial charge in [-0.25, -0.2) is 13.4 Å². The lowest BCUT2D eigenvalue weighted by Gasteiger charge is -2.18. The predicted octanol–water partition coefficient (Wildman–Crippen LogP) is 2.32. The maximum Gasteiger partial charge on any atom is 0.253 e. The van der Waals surface area contributed by atoms with Crippen molar-refractivity contribution in [3.05, 3.63) is 65.5 Å². The summed E-state index contributed by atoms with van der Waals surface area (Å²) in [6.07, 6.45) is 5.85. The molecule has 8 nitrogen and oxygen atoms in total. The number of aromatic nitrogens is 4. The molecule has 9 heteroatoms. The second-order valence-corrected chi connectivity index (χ2v) is 10.1. The van der Waals surface area contributed by atoms with E-state index in [1.807, 2.05) is 41.4 Å². The molecule has 0 aliphatic carbocycles. The SMILES string of the molecule is Cc1nn([C@H]2CCS(=O)(=O)C2)c(C)c1CN(C)C(=O)c1ccc(-n2ccnc2)cc1. The van der Waals surface area contributed by atoms with Crippen molar-refractivity contribution in [3.63, 3.8) is 0 Å². The Kier molecular flexibility index (Phi) is 5.23. The molecule has 0 saturated carbocycles. The minimum Gasteiger partial charge on any atom is -0.337 e. The molecule has 0 N–H and O–H groups in total. The molecule has 30 heavy (non-hydrogen) atoms. The summed E-state index contributed by atoms with van der Waals surface area (Å²) in [6, 6.07) is 7.26. The molecule has 1 fully saturated rings. The van der Waals surface area contributed by atoms with Crippen LogP contribution in [0.1, 0.15) is 39.8 Å². The number of carbonyl (C=O) groups is 1. The molecule has 1 aromatic carbocycles. The lowest BCUT2D eigenvalue weighted by molar-refractivity contribution is 0.0784. The van der Waals surface area contributed by atoms with Gasteiger partial charge in [-0.1, -0.05) is 0 Å². The van der Waals surface area contributed by atoms with Gasteiger partial charge in [-0.15, -0.1) is 0 Å². The number of hydrogen-bond acceptors (Lipinski definition) is 5. The predicted molar refractivity (Wildman–Crippen MR) is 113 cm³/mol. The highest BCUT2D eigenvalue weighted by Crippen LogP contribution is 2.27. The van der Waals surface area contributed by atoms with E-state index in [9.17, 15) is 13.2 Å². The largest absolute Gasteiger partial charge is 0.337 e. The van der Waals surface area contributed by atoms with E-state index in [1.165, 1.54) is 0 Å². The van der Waals surface area contributed by atoms with Crippen LogP contribution in [0.4, 0.5) is 0 Å². The van der Waals surface area contributed by atoms with Crippen LogP contribution in [0.2, 0.25) is 0 Å². The Morgan fingerprint density at radius 1 is 1.23 bits per heavy atom. The van der Waals surface area contributed by atoms with Gasteiger partial charge in [0.05, 0.1) is 29.6 Å². The zero-order valence-electron chi connectivity index (χ0n) is 17.3. The molecule has 0 radical (unpaired) electrons. The van der Waals surface area contributed by atoms with Gasteiger partial charge in [0, 0.05) is 48.5 Å². The average Bonchev–Trinajstić information content (AvgIpc) is 3.43. The third-order valence-electron chi connectivity index (χ3n) is 5.69.